The molecule has 0 atom stereocenters. The Morgan fingerprint density at radius 3 is 2.57 bits per heavy atom. The van der Waals surface area contributed by atoms with Crippen LogP contribution in [0, 0.1) is 0 Å². The van der Waals surface area contributed by atoms with Crippen LogP contribution in [0.2, 0.25) is 0 Å². The van der Waals surface area contributed by atoms with Crippen LogP contribution in [0.25, 0.3) is 10.8 Å². The molecule has 0 N–H and O–H groups in total. The number of ether oxygens (including phenoxy) is 2. The molecule has 21 heavy (non-hydrogen) atoms. The normalized spacial score (nSPS) is 10.3. The number of esters is 1. The summed E-state index contributed by atoms with van der Waals surface area (Å²) in [4.78, 5) is 19.3. The average Bonchev–Trinajstić information content (AvgIpc) is 2.55. The third-order valence-electron chi connectivity index (χ3n) is 2.99. The topological polar surface area (TPSA) is 61.3 Å². The van der Waals surface area contributed by atoms with Gasteiger partial charge in [0, 0.05) is 5.39 Å². The molecule has 5 heteroatoms. The monoisotopic (exact) mass is 280 g/mol. The summed E-state index contributed by atoms with van der Waals surface area (Å²) in [5, 5.41) is 2.06. The van der Waals surface area contributed by atoms with Gasteiger partial charge in [-0.3, -0.25) is 0 Å². The Labute approximate surface area is 121 Å². The predicted molar refractivity (Wildman–Crippen MR) is 77.4 cm³/mol. The molecule has 104 valence electrons. The molecular weight excluding hydrogens is 268 g/mol. The van der Waals surface area contributed by atoms with E-state index < -0.39 is 5.97 Å². The minimum absolute atomic E-state index is 0.141. The molecule has 0 aliphatic carbocycles. The summed E-state index contributed by atoms with van der Waals surface area (Å²) in [6.07, 6.45) is 2.72. The number of benzene rings is 2. The molecule has 0 spiro atoms. The van der Waals surface area contributed by atoms with E-state index in [0.717, 1.165) is 10.8 Å². The first-order valence-electron chi connectivity index (χ1n) is 6.34. The smallest absolute Gasteiger partial charge is 0.358 e. The van der Waals surface area contributed by atoms with Crippen molar-refractivity contribution in [1.29, 1.82) is 0 Å². The van der Waals surface area contributed by atoms with Crippen molar-refractivity contribution in [1.82, 2.24) is 9.97 Å². The third-order valence-corrected chi connectivity index (χ3v) is 2.99. The number of methoxy groups -OCH3 is 1. The van der Waals surface area contributed by atoms with E-state index in [0.29, 0.717) is 11.6 Å². The number of hydrogen-bond donors (Lipinski definition) is 0. The van der Waals surface area contributed by atoms with E-state index in [9.17, 15) is 4.79 Å². The number of carbonyl (C=O) groups is 1. The van der Waals surface area contributed by atoms with E-state index in [1.54, 1.807) is 0 Å². The Morgan fingerprint density at radius 2 is 1.81 bits per heavy atom. The summed E-state index contributed by atoms with van der Waals surface area (Å²) < 4.78 is 10.3. The highest BCUT2D eigenvalue weighted by molar-refractivity contribution is 5.88. The van der Waals surface area contributed by atoms with E-state index in [2.05, 4.69) is 14.7 Å². The van der Waals surface area contributed by atoms with E-state index in [4.69, 9.17) is 4.74 Å². The van der Waals surface area contributed by atoms with Gasteiger partial charge in [-0.2, -0.15) is 0 Å². The zero-order valence-corrected chi connectivity index (χ0v) is 11.3. The summed E-state index contributed by atoms with van der Waals surface area (Å²) in [5.41, 5.74) is 0.141. The van der Waals surface area contributed by atoms with E-state index in [1.807, 2.05) is 42.5 Å². The van der Waals surface area contributed by atoms with Crippen LogP contribution >= 0.6 is 0 Å². The van der Waals surface area contributed by atoms with Crippen LogP contribution in [-0.4, -0.2) is 23.0 Å². The van der Waals surface area contributed by atoms with Gasteiger partial charge in [0.05, 0.1) is 19.5 Å². The largest absolute Gasteiger partial charge is 0.464 e. The molecule has 0 aliphatic heterocycles. The lowest BCUT2D eigenvalue weighted by molar-refractivity contribution is 0.0593. The quantitative estimate of drug-likeness (QED) is 0.689. The van der Waals surface area contributed by atoms with Gasteiger partial charge in [0.25, 0.3) is 0 Å². The maximum atomic E-state index is 11.3. The van der Waals surface area contributed by atoms with E-state index in [1.165, 1.54) is 19.5 Å². The molecule has 0 saturated heterocycles. The van der Waals surface area contributed by atoms with Gasteiger partial charge in [0.15, 0.2) is 5.69 Å². The molecule has 0 fully saturated rings. The van der Waals surface area contributed by atoms with Crippen molar-refractivity contribution in [3.8, 4) is 11.6 Å². The molecule has 1 heterocycles. The predicted octanol–water partition coefficient (Wildman–Crippen LogP) is 3.21. The Hall–Kier alpha value is -2.95. The van der Waals surface area contributed by atoms with Crippen molar-refractivity contribution in [2.24, 2.45) is 0 Å². The van der Waals surface area contributed by atoms with Gasteiger partial charge < -0.3 is 9.47 Å². The fourth-order valence-electron chi connectivity index (χ4n) is 1.98. The Morgan fingerprint density at radius 1 is 1.00 bits per heavy atom. The SMILES string of the molecule is COC(=O)c1cnc(Oc2cccc3ccccc23)cn1. The summed E-state index contributed by atoms with van der Waals surface area (Å²) in [6.45, 7) is 0. The fraction of sp³-hybridized carbons (Fsp3) is 0.0625. The highest BCUT2D eigenvalue weighted by Crippen LogP contribution is 2.28. The molecule has 2 aromatic carbocycles. The van der Waals surface area contributed by atoms with Gasteiger partial charge in [-0.15, -0.1) is 0 Å². The number of hydrogen-bond acceptors (Lipinski definition) is 5. The second-order valence-corrected chi connectivity index (χ2v) is 4.31. The summed E-state index contributed by atoms with van der Waals surface area (Å²) in [7, 11) is 1.30. The molecule has 0 radical (unpaired) electrons. The van der Waals surface area contributed by atoms with Crippen LogP contribution in [0.4, 0.5) is 0 Å². The molecule has 0 aliphatic rings. The molecule has 0 saturated carbocycles. The number of rotatable bonds is 3. The second-order valence-electron chi connectivity index (χ2n) is 4.31. The van der Waals surface area contributed by atoms with Crippen molar-refractivity contribution in [3.05, 3.63) is 60.6 Å². The molecular formula is C16H12N2O3. The van der Waals surface area contributed by atoms with Crippen molar-refractivity contribution >= 4 is 16.7 Å². The maximum absolute atomic E-state index is 11.3. The molecule has 3 aromatic rings. The van der Waals surface area contributed by atoms with Gasteiger partial charge in [-0.05, 0) is 11.5 Å². The van der Waals surface area contributed by atoms with Gasteiger partial charge in [-0.1, -0.05) is 36.4 Å². The second kappa shape index (κ2) is 5.58. The van der Waals surface area contributed by atoms with Gasteiger partial charge in [0.1, 0.15) is 5.75 Å². The number of nitrogens with zero attached hydrogens (tertiary/aromatic N) is 2. The molecule has 0 unspecified atom stereocenters. The van der Waals surface area contributed by atoms with Crippen LogP contribution in [0.1, 0.15) is 10.5 Å². The lowest BCUT2D eigenvalue weighted by Gasteiger charge is -2.07. The average molecular weight is 280 g/mol. The standard InChI is InChI=1S/C16H12N2O3/c1-20-16(19)13-9-18-15(10-17-13)21-14-8-4-6-11-5-2-3-7-12(11)14/h2-10H,1H3. The summed E-state index contributed by atoms with van der Waals surface area (Å²) in [6, 6.07) is 13.7. The molecule has 0 bridgehead atoms. The maximum Gasteiger partial charge on any atom is 0.358 e. The minimum atomic E-state index is -0.529. The first kappa shape index (κ1) is 13.1. The molecule has 1 aromatic heterocycles. The first-order valence-corrected chi connectivity index (χ1v) is 6.34. The van der Waals surface area contributed by atoms with E-state index in [-0.39, 0.29) is 5.69 Å². The zero-order chi connectivity index (χ0) is 14.7. The Balaban J connectivity index is 1.90. The lowest BCUT2D eigenvalue weighted by atomic mass is 10.1. The van der Waals surface area contributed by atoms with Crippen molar-refractivity contribution < 1.29 is 14.3 Å². The number of carbonyl (C=O) groups excluding carboxylic acids is 1. The molecule has 0 amide bonds. The Kier molecular flexibility index (Phi) is 3.47. The lowest BCUT2D eigenvalue weighted by Crippen LogP contribution is -2.04. The Bertz CT molecular complexity index is 780. The highest BCUT2D eigenvalue weighted by atomic mass is 16.5. The minimum Gasteiger partial charge on any atom is -0.464 e. The van der Waals surface area contributed by atoms with Crippen LogP contribution in [0.5, 0.6) is 11.6 Å². The van der Waals surface area contributed by atoms with Crippen LogP contribution < -0.4 is 4.74 Å². The third kappa shape index (κ3) is 2.67. The fourth-order valence-corrected chi connectivity index (χ4v) is 1.98. The van der Waals surface area contributed by atoms with Crippen LogP contribution in [0.3, 0.4) is 0 Å². The van der Waals surface area contributed by atoms with Crippen molar-refractivity contribution in [2.75, 3.05) is 7.11 Å². The summed E-state index contributed by atoms with van der Waals surface area (Å²) >= 11 is 0. The van der Waals surface area contributed by atoms with Gasteiger partial charge in [0.2, 0.25) is 5.88 Å². The van der Waals surface area contributed by atoms with Crippen LogP contribution in [-0.2, 0) is 4.74 Å². The van der Waals surface area contributed by atoms with Gasteiger partial charge in [-0.25, -0.2) is 14.8 Å². The van der Waals surface area contributed by atoms with E-state index >= 15 is 0 Å². The number of aromatic nitrogens is 2. The van der Waals surface area contributed by atoms with Crippen molar-refractivity contribution in [3.63, 3.8) is 0 Å². The first-order chi connectivity index (χ1) is 10.3. The summed E-state index contributed by atoms with van der Waals surface area (Å²) in [5.74, 6) is 0.478. The van der Waals surface area contributed by atoms with Gasteiger partial charge >= 0.3 is 5.97 Å². The highest BCUT2D eigenvalue weighted by Gasteiger charge is 2.09. The number of fused-ring (bicyclic) bond motifs is 1. The molecule has 3 rings (SSSR count). The zero-order valence-electron chi connectivity index (χ0n) is 11.3. The van der Waals surface area contributed by atoms with Crippen molar-refractivity contribution in [2.45, 2.75) is 0 Å². The van der Waals surface area contributed by atoms with Crippen LogP contribution in [0.15, 0.2) is 54.9 Å². The molecule has 5 nitrogen and oxygen atoms in total.